The molecule has 1 aromatic heterocycles. The van der Waals surface area contributed by atoms with Crippen molar-refractivity contribution < 1.29 is 14.3 Å². The highest BCUT2D eigenvalue weighted by atomic mass is 16.5. The van der Waals surface area contributed by atoms with Crippen LogP contribution in [0.3, 0.4) is 0 Å². The highest BCUT2D eigenvalue weighted by Crippen LogP contribution is 2.14. The van der Waals surface area contributed by atoms with E-state index in [1.165, 1.54) is 0 Å². The summed E-state index contributed by atoms with van der Waals surface area (Å²) in [5.74, 6) is 0.259. The molecular weight excluding hydrogens is 344 g/mol. The van der Waals surface area contributed by atoms with Crippen molar-refractivity contribution in [1.29, 1.82) is 0 Å². The summed E-state index contributed by atoms with van der Waals surface area (Å²) >= 11 is 0. The number of aromatic nitrogens is 2. The molecule has 0 aliphatic rings. The van der Waals surface area contributed by atoms with Crippen molar-refractivity contribution in [2.45, 2.75) is 33.4 Å². The Balaban J connectivity index is 2.04. The molecule has 0 bridgehead atoms. The Labute approximate surface area is 160 Å². The molecule has 146 valence electrons. The van der Waals surface area contributed by atoms with E-state index in [2.05, 4.69) is 10.4 Å². The van der Waals surface area contributed by atoms with E-state index in [1.54, 1.807) is 47.1 Å². The van der Waals surface area contributed by atoms with Crippen molar-refractivity contribution in [3.63, 3.8) is 0 Å². The number of rotatable bonds is 8. The maximum Gasteiger partial charge on any atom is 0.251 e. The first-order valence-corrected chi connectivity index (χ1v) is 9.08. The quantitative estimate of drug-likeness (QED) is 0.771. The van der Waals surface area contributed by atoms with Gasteiger partial charge in [0.2, 0.25) is 5.91 Å². The van der Waals surface area contributed by atoms with Gasteiger partial charge in [0.1, 0.15) is 11.8 Å². The Morgan fingerprint density at radius 3 is 2.44 bits per heavy atom. The Morgan fingerprint density at radius 1 is 1.26 bits per heavy atom. The minimum atomic E-state index is -0.606. The second-order valence-corrected chi connectivity index (χ2v) is 6.87. The molecule has 2 amide bonds. The van der Waals surface area contributed by atoms with E-state index >= 15 is 0 Å². The number of aryl methyl sites for hydroxylation is 1. The van der Waals surface area contributed by atoms with Gasteiger partial charge >= 0.3 is 0 Å². The first-order chi connectivity index (χ1) is 12.8. The summed E-state index contributed by atoms with van der Waals surface area (Å²) in [4.78, 5) is 27.1. The molecular formula is C20H28N4O3. The molecule has 27 heavy (non-hydrogen) atoms. The lowest BCUT2D eigenvalue weighted by atomic mass is 10.0. The van der Waals surface area contributed by atoms with Crippen LogP contribution in [0.5, 0.6) is 5.75 Å². The maximum atomic E-state index is 12.9. The highest BCUT2D eigenvalue weighted by Gasteiger charge is 2.27. The van der Waals surface area contributed by atoms with Crippen LogP contribution in [0.4, 0.5) is 0 Å². The Kier molecular flexibility index (Phi) is 6.98. The number of carbonyl (C=O) groups excluding carboxylic acids is 2. The summed E-state index contributed by atoms with van der Waals surface area (Å²) in [6.45, 7) is 6.74. The normalized spacial score (nSPS) is 11.9. The van der Waals surface area contributed by atoms with Gasteiger partial charge in [-0.05, 0) is 37.1 Å². The fraction of sp³-hybridized carbons (Fsp3) is 0.450. The number of hydrogen-bond acceptors (Lipinski definition) is 4. The van der Waals surface area contributed by atoms with Gasteiger partial charge in [-0.25, -0.2) is 0 Å². The lowest BCUT2D eigenvalue weighted by molar-refractivity contribution is -0.133. The summed E-state index contributed by atoms with van der Waals surface area (Å²) < 4.78 is 7.08. The van der Waals surface area contributed by atoms with E-state index in [1.807, 2.05) is 34.0 Å². The second-order valence-electron chi connectivity index (χ2n) is 6.87. The van der Waals surface area contributed by atoms with Crippen molar-refractivity contribution in [3.05, 3.63) is 47.8 Å². The van der Waals surface area contributed by atoms with Gasteiger partial charge in [0.25, 0.3) is 5.91 Å². The van der Waals surface area contributed by atoms with Gasteiger partial charge in [-0.3, -0.25) is 14.3 Å². The molecule has 7 nitrogen and oxygen atoms in total. The van der Waals surface area contributed by atoms with E-state index in [4.69, 9.17) is 4.74 Å². The third kappa shape index (κ3) is 5.57. The van der Waals surface area contributed by atoms with Crippen molar-refractivity contribution in [3.8, 4) is 5.75 Å². The van der Waals surface area contributed by atoms with E-state index < -0.39 is 6.04 Å². The zero-order chi connectivity index (χ0) is 20.0. The minimum absolute atomic E-state index is 0.0412. The SMILES string of the molecule is CCOc1ccc(C(=O)N[C@H](C(=O)N(C)Cc2cnn(C)c2)C(C)C)cc1. The number of nitrogens with zero attached hydrogens (tertiary/aromatic N) is 3. The highest BCUT2D eigenvalue weighted by molar-refractivity contribution is 5.97. The van der Waals surface area contributed by atoms with Crippen LogP contribution in [0.2, 0.25) is 0 Å². The minimum Gasteiger partial charge on any atom is -0.494 e. The van der Waals surface area contributed by atoms with Crippen molar-refractivity contribution in [2.24, 2.45) is 13.0 Å². The number of likely N-dealkylation sites (N-methyl/N-ethyl adjacent to an activating group) is 1. The van der Waals surface area contributed by atoms with Gasteiger partial charge in [-0.15, -0.1) is 0 Å². The van der Waals surface area contributed by atoms with Crippen LogP contribution in [0.1, 0.15) is 36.7 Å². The van der Waals surface area contributed by atoms with Crippen LogP contribution < -0.4 is 10.1 Å². The average molecular weight is 372 g/mol. The van der Waals surface area contributed by atoms with E-state index in [0.29, 0.717) is 24.5 Å². The molecule has 1 aromatic carbocycles. The van der Waals surface area contributed by atoms with Crippen LogP contribution in [0.15, 0.2) is 36.7 Å². The van der Waals surface area contributed by atoms with Gasteiger partial charge in [0.05, 0.1) is 12.8 Å². The van der Waals surface area contributed by atoms with E-state index in [-0.39, 0.29) is 17.7 Å². The average Bonchev–Trinajstić information content (AvgIpc) is 3.04. The van der Waals surface area contributed by atoms with Crippen molar-refractivity contribution in [1.82, 2.24) is 20.0 Å². The largest absolute Gasteiger partial charge is 0.494 e. The number of amides is 2. The predicted molar refractivity (Wildman–Crippen MR) is 103 cm³/mol. The zero-order valence-corrected chi connectivity index (χ0v) is 16.6. The summed E-state index contributed by atoms with van der Waals surface area (Å²) in [6, 6.07) is 6.28. The summed E-state index contributed by atoms with van der Waals surface area (Å²) in [7, 11) is 3.56. The molecule has 7 heteroatoms. The van der Waals surface area contributed by atoms with Gasteiger partial charge < -0.3 is 15.0 Å². The smallest absolute Gasteiger partial charge is 0.251 e. The lowest BCUT2D eigenvalue weighted by Gasteiger charge is -2.27. The molecule has 0 aliphatic carbocycles. The molecule has 0 saturated carbocycles. The van der Waals surface area contributed by atoms with Gasteiger partial charge in [-0.2, -0.15) is 5.10 Å². The van der Waals surface area contributed by atoms with E-state index in [0.717, 1.165) is 5.56 Å². The molecule has 2 aromatic rings. The van der Waals surface area contributed by atoms with Crippen molar-refractivity contribution >= 4 is 11.8 Å². The molecule has 0 unspecified atom stereocenters. The fourth-order valence-electron chi connectivity index (χ4n) is 2.75. The Bertz CT molecular complexity index is 768. The number of hydrogen-bond donors (Lipinski definition) is 1. The van der Waals surface area contributed by atoms with Crippen molar-refractivity contribution in [2.75, 3.05) is 13.7 Å². The molecule has 1 heterocycles. The van der Waals surface area contributed by atoms with Crippen LogP contribution in [-0.2, 0) is 18.4 Å². The number of ether oxygens (including phenoxy) is 1. The van der Waals surface area contributed by atoms with E-state index in [9.17, 15) is 9.59 Å². The summed E-state index contributed by atoms with van der Waals surface area (Å²) in [6.07, 6.45) is 3.60. The topological polar surface area (TPSA) is 76.5 Å². The number of carbonyl (C=O) groups is 2. The summed E-state index contributed by atoms with van der Waals surface area (Å²) in [5, 5.41) is 6.98. The maximum absolute atomic E-state index is 12.9. The van der Waals surface area contributed by atoms with Gasteiger partial charge in [-0.1, -0.05) is 13.8 Å². The first kappa shape index (κ1) is 20.5. The molecule has 0 radical (unpaired) electrons. The lowest BCUT2D eigenvalue weighted by Crippen LogP contribution is -2.50. The predicted octanol–water partition coefficient (Wildman–Crippen LogP) is 2.23. The third-order valence-corrected chi connectivity index (χ3v) is 4.20. The van der Waals surface area contributed by atoms with Crippen LogP contribution in [0.25, 0.3) is 0 Å². The molecule has 2 rings (SSSR count). The molecule has 1 atom stereocenters. The first-order valence-electron chi connectivity index (χ1n) is 9.08. The Hall–Kier alpha value is -2.83. The van der Waals surface area contributed by atoms with Gasteiger partial charge in [0, 0.05) is 38.0 Å². The number of nitrogens with one attached hydrogen (secondary N) is 1. The monoisotopic (exact) mass is 372 g/mol. The molecule has 0 saturated heterocycles. The van der Waals surface area contributed by atoms with Gasteiger partial charge in [0.15, 0.2) is 0 Å². The molecule has 0 spiro atoms. The third-order valence-electron chi connectivity index (χ3n) is 4.20. The second kappa shape index (κ2) is 9.21. The van der Waals surface area contributed by atoms with Crippen LogP contribution in [0, 0.1) is 5.92 Å². The fourth-order valence-corrected chi connectivity index (χ4v) is 2.75. The summed E-state index contributed by atoms with van der Waals surface area (Å²) in [5.41, 5.74) is 1.43. The molecule has 0 fully saturated rings. The zero-order valence-electron chi connectivity index (χ0n) is 16.6. The number of benzene rings is 1. The molecule has 1 N–H and O–H groups in total. The molecule has 0 aliphatic heterocycles. The van der Waals surface area contributed by atoms with Crippen LogP contribution in [-0.4, -0.2) is 46.2 Å². The Morgan fingerprint density at radius 2 is 1.93 bits per heavy atom. The van der Waals surface area contributed by atoms with Crippen LogP contribution >= 0.6 is 0 Å². The standard InChI is InChI=1S/C20H28N4O3/c1-6-27-17-9-7-16(8-10-17)19(25)22-18(14(2)3)20(26)23(4)12-15-11-21-24(5)13-15/h7-11,13-14,18H,6,12H2,1-5H3,(H,22,25)/t18-/m0/s1.